The Hall–Kier alpha value is -0.0800. The number of hydrogen-bond acceptors (Lipinski definition) is 2. The second-order valence-corrected chi connectivity index (χ2v) is 4.64. The van der Waals surface area contributed by atoms with Crippen LogP contribution in [0.3, 0.4) is 0 Å². The third-order valence-electron chi connectivity index (χ3n) is 3.52. The number of methoxy groups -OCH3 is 2. The molecule has 2 saturated carbocycles. The van der Waals surface area contributed by atoms with E-state index < -0.39 is 0 Å². The molecule has 0 aromatic rings. The summed E-state index contributed by atoms with van der Waals surface area (Å²) in [6, 6.07) is 0. The Morgan fingerprint density at radius 2 is 0.933 bits per heavy atom. The minimum Gasteiger partial charge on any atom is -0.381 e. The molecule has 0 aromatic carbocycles. The van der Waals surface area contributed by atoms with E-state index in [1.54, 1.807) is 7.11 Å². The molecule has 2 fully saturated rings. The molecule has 0 unspecified atom stereocenters. The van der Waals surface area contributed by atoms with E-state index in [1.807, 2.05) is 7.11 Å². The molecule has 0 heterocycles. The standard InChI is InChI=1S/C7H14O.C6H12O/c1-8-7-5-3-2-4-6-7;1-7-6-4-2-3-5-6/h7H,2-6H2,1H3;6H,2-5H2,1H3. The van der Waals surface area contributed by atoms with Crippen molar-refractivity contribution in [3.05, 3.63) is 0 Å². The molecule has 0 aliphatic heterocycles. The zero-order valence-electron chi connectivity index (χ0n) is 10.3. The van der Waals surface area contributed by atoms with Crippen molar-refractivity contribution in [2.45, 2.75) is 70.0 Å². The summed E-state index contributed by atoms with van der Waals surface area (Å²) in [5.41, 5.74) is 0. The lowest BCUT2D eigenvalue weighted by atomic mass is 9.98. The van der Waals surface area contributed by atoms with Crippen LogP contribution in [0.2, 0.25) is 0 Å². The quantitative estimate of drug-likeness (QED) is 0.700. The molecule has 15 heavy (non-hydrogen) atoms. The first kappa shape index (κ1) is 13.0. The Balaban J connectivity index is 0.000000151. The van der Waals surface area contributed by atoms with Crippen LogP contribution in [-0.2, 0) is 9.47 Å². The van der Waals surface area contributed by atoms with Gasteiger partial charge in [-0.2, -0.15) is 0 Å². The summed E-state index contributed by atoms with van der Waals surface area (Å²) in [5.74, 6) is 0. The lowest BCUT2D eigenvalue weighted by Crippen LogP contribution is -2.13. The summed E-state index contributed by atoms with van der Waals surface area (Å²) in [6.07, 6.45) is 13.2. The molecule has 0 aromatic heterocycles. The van der Waals surface area contributed by atoms with Gasteiger partial charge in [-0.25, -0.2) is 0 Å². The SMILES string of the molecule is COC1CCCC1.COC1CCCCC1. The van der Waals surface area contributed by atoms with E-state index in [9.17, 15) is 0 Å². The summed E-state index contributed by atoms with van der Waals surface area (Å²) in [7, 11) is 3.62. The summed E-state index contributed by atoms with van der Waals surface area (Å²) >= 11 is 0. The van der Waals surface area contributed by atoms with Gasteiger partial charge in [0.15, 0.2) is 0 Å². The van der Waals surface area contributed by atoms with Gasteiger partial charge in [-0.15, -0.1) is 0 Å². The summed E-state index contributed by atoms with van der Waals surface area (Å²) < 4.78 is 10.3. The third kappa shape index (κ3) is 5.53. The maximum atomic E-state index is 5.19. The van der Waals surface area contributed by atoms with Crippen LogP contribution in [0.25, 0.3) is 0 Å². The van der Waals surface area contributed by atoms with Crippen molar-refractivity contribution < 1.29 is 9.47 Å². The second-order valence-electron chi connectivity index (χ2n) is 4.64. The van der Waals surface area contributed by atoms with Gasteiger partial charge in [0.25, 0.3) is 0 Å². The highest BCUT2D eigenvalue weighted by Gasteiger charge is 2.12. The topological polar surface area (TPSA) is 18.5 Å². The highest BCUT2D eigenvalue weighted by Crippen LogP contribution is 2.19. The molecule has 0 radical (unpaired) electrons. The van der Waals surface area contributed by atoms with Gasteiger partial charge in [-0.1, -0.05) is 32.1 Å². The number of rotatable bonds is 2. The zero-order valence-corrected chi connectivity index (χ0v) is 10.3. The number of hydrogen-bond donors (Lipinski definition) is 0. The van der Waals surface area contributed by atoms with Gasteiger partial charge in [0.2, 0.25) is 0 Å². The Morgan fingerprint density at radius 3 is 1.20 bits per heavy atom. The first-order valence-electron chi connectivity index (χ1n) is 6.42. The van der Waals surface area contributed by atoms with Crippen LogP contribution in [0.15, 0.2) is 0 Å². The van der Waals surface area contributed by atoms with E-state index in [4.69, 9.17) is 9.47 Å². The molecule has 2 aliphatic carbocycles. The van der Waals surface area contributed by atoms with E-state index in [0.29, 0.717) is 12.2 Å². The molecule has 90 valence electrons. The molecular weight excluding hydrogens is 188 g/mol. The predicted molar refractivity (Wildman–Crippen MR) is 63.1 cm³/mol. The van der Waals surface area contributed by atoms with Crippen molar-refractivity contribution in [3.8, 4) is 0 Å². The van der Waals surface area contributed by atoms with Gasteiger partial charge in [0, 0.05) is 14.2 Å². The Labute approximate surface area is 94.3 Å². The predicted octanol–water partition coefficient (Wildman–Crippen LogP) is 3.54. The van der Waals surface area contributed by atoms with Crippen molar-refractivity contribution in [1.29, 1.82) is 0 Å². The second kappa shape index (κ2) is 8.12. The van der Waals surface area contributed by atoms with Crippen molar-refractivity contribution >= 4 is 0 Å². The van der Waals surface area contributed by atoms with Gasteiger partial charge in [-0.05, 0) is 25.7 Å². The monoisotopic (exact) mass is 214 g/mol. The molecule has 2 heteroatoms. The molecule has 0 atom stereocenters. The highest BCUT2D eigenvalue weighted by atomic mass is 16.5. The lowest BCUT2D eigenvalue weighted by molar-refractivity contribution is 0.0710. The molecule has 2 nitrogen and oxygen atoms in total. The van der Waals surface area contributed by atoms with Gasteiger partial charge in [0.1, 0.15) is 0 Å². The van der Waals surface area contributed by atoms with E-state index in [1.165, 1.54) is 57.8 Å². The fourth-order valence-corrected chi connectivity index (χ4v) is 2.42. The minimum absolute atomic E-state index is 0.587. The molecule has 0 bridgehead atoms. The molecular formula is C13H26O2. The Morgan fingerprint density at radius 1 is 0.600 bits per heavy atom. The minimum atomic E-state index is 0.587. The van der Waals surface area contributed by atoms with Crippen molar-refractivity contribution in [2.75, 3.05) is 14.2 Å². The Kier molecular flexibility index (Phi) is 7.03. The van der Waals surface area contributed by atoms with Crippen molar-refractivity contribution in [2.24, 2.45) is 0 Å². The van der Waals surface area contributed by atoms with Crippen molar-refractivity contribution in [1.82, 2.24) is 0 Å². The Bertz CT molecular complexity index is 135. The van der Waals surface area contributed by atoms with Gasteiger partial charge in [-0.3, -0.25) is 0 Å². The molecule has 0 spiro atoms. The van der Waals surface area contributed by atoms with Gasteiger partial charge in [0.05, 0.1) is 12.2 Å². The van der Waals surface area contributed by atoms with E-state index in [-0.39, 0.29) is 0 Å². The first-order chi connectivity index (χ1) is 7.36. The molecule has 0 N–H and O–H groups in total. The van der Waals surface area contributed by atoms with Crippen LogP contribution in [0.1, 0.15) is 57.8 Å². The van der Waals surface area contributed by atoms with Crippen LogP contribution < -0.4 is 0 Å². The first-order valence-corrected chi connectivity index (χ1v) is 6.42. The molecule has 2 rings (SSSR count). The van der Waals surface area contributed by atoms with E-state index >= 15 is 0 Å². The average molecular weight is 214 g/mol. The fraction of sp³-hybridized carbons (Fsp3) is 1.00. The molecule has 0 saturated heterocycles. The van der Waals surface area contributed by atoms with Crippen LogP contribution in [0, 0.1) is 0 Å². The molecule has 0 amide bonds. The van der Waals surface area contributed by atoms with Crippen molar-refractivity contribution in [3.63, 3.8) is 0 Å². The molecule has 2 aliphatic rings. The van der Waals surface area contributed by atoms with Crippen LogP contribution >= 0.6 is 0 Å². The third-order valence-corrected chi connectivity index (χ3v) is 3.52. The largest absolute Gasteiger partial charge is 0.381 e. The normalized spacial score (nSPS) is 23.6. The van der Waals surface area contributed by atoms with Crippen LogP contribution in [0.4, 0.5) is 0 Å². The maximum absolute atomic E-state index is 5.19. The van der Waals surface area contributed by atoms with Gasteiger partial charge < -0.3 is 9.47 Å². The highest BCUT2D eigenvalue weighted by molar-refractivity contribution is 4.65. The average Bonchev–Trinajstić information content (AvgIpc) is 2.84. The number of ether oxygens (including phenoxy) is 2. The lowest BCUT2D eigenvalue weighted by Gasteiger charge is -2.19. The fourth-order valence-electron chi connectivity index (χ4n) is 2.42. The van der Waals surface area contributed by atoms with E-state index in [2.05, 4.69) is 0 Å². The zero-order chi connectivity index (χ0) is 10.9. The maximum Gasteiger partial charge on any atom is 0.0571 e. The van der Waals surface area contributed by atoms with E-state index in [0.717, 1.165) is 0 Å². The summed E-state index contributed by atoms with van der Waals surface area (Å²) in [6.45, 7) is 0. The van der Waals surface area contributed by atoms with Crippen LogP contribution in [-0.4, -0.2) is 26.4 Å². The summed E-state index contributed by atoms with van der Waals surface area (Å²) in [5, 5.41) is 0. The smallest absolute Gasteiger partial charge is 0.0571 e. The van der Waals surface area contributed by atoms with Crippen LogP contribution in [0.5, 0.6) is 0 Å². The van der Waals surface area contributed by atoms with Gasteiger partial charge >= 0.3 is 0 Å². The summed E-state index contributed by atoms with van der Waals surface area (Å²) in [4.78, 5) is 0.